The van der Waals surface area contributed by atoms with Gasteiger partial charge in [0.2, 0.25) is 17.7 Å². The van der Waals surface area contributed by atoms with E-state index < -0.39 is 97.9 Å². The molecule has 5 atom stereocenters. The van der Waals surface area contributed by atoms with Crippen molar-refractivity contribution in [1.29, 1.82) is 0 Å². The lowest BCUT2D eigenvalue weighted by Gasteiger charge is -2.31. The summed E-state index contributed by atoms with van der Waals surface area (Å²) in [6, 6.07) is 3.49. The number of hydrogen-bond acceptors (Lipinski definition) is 15. The number of rotatable bonds is 20. The summed E-state index contributed by atoms with van der Waals surface area (Å²) < 4.78 is 45.8. The highest BCUT2D eigenvalue weighted by molar-refractivity contribution is 7.47. The van der Waals surface area contributed by atoms with Crippen LogP contribution in [-0.2, 0) is 80.6 Å². The second kappa shape index (κ2) is 23.9. The molecular formula is C48H59FN9O16P. The van der Waals surface area contributed by atoms with Gasteiger partial charge in [0.1, 0.15) is 31.1 Å². The lowest BCUT2D eigenvalue weighted by atomic mass is 9.81. The number of esters is 1. The average Bonchev–Trinajstić information content (AvgIpc) is 3.72. The summed E-state index contributed by atoms with van der Waals surface area (Å²) in [5.41, 5.74) is 6.99. The number of carbonyl (C=O) groups excluding carboxylic acids is 5. The van der Waals surface area contributed by atoms with Crippen LogP contribution in [0.5, 0.6) is 0 Å². The highest BCUT2D eigenvalue weighted by Crippen LogP contribution is 2.47. The zero-order valence-corrected chi connectivity index (χ0v) is 42.4. The molecule has 6 amide bonds. The minimum absolute atomic E-state index is 0.00187. The van der Waals surface area contributed by atoms with Crippen molar-refractivity contribution in [2.75, 3.05) is 25.5 Å². The van der Waals surface area contributed by atoms with Crippen LogP contribution in [0, 0.1) is 18.7 Å². The molecule has 2 aromatic carbocycles. The molecule has 2 aliphatic heterocycles. The number of urea groups is 1. The normalized spacial score (nSPS) is 17.6. The van der Waals surface area contributed by atoms with E-state index in [9.17, 15) is 53.2 Å². The van der Waals surface area contributed by atoms with Gasteiger partial charge >= 0.3 is 25.9 Å². The van der Waals surface area contributed by atoms with Crippen LogP contribution in [0.1, 0.15) is 97.0 Å². The number of anilines is 1. The molecule has 0 saturated carbocycles. The number of fused-ring (bicyclic) bond motifs is 5. The largest absolute Gasteiger partial charge is 0.483 e. The first-order valence-corrected chi connectivity index (χ1v) is 25.2. The Morgan fingerprint density at radius 1 is 1.07 bits per heavy atom. The van der Waals surface area contributed by atoms with Gasteiger partial charge in [-0.3, -0.25) is 33.0 Å². The Kier molecular flexibility index (Phi) is 18.1. The lowest BCUT2D eigenvalue weighted by molar-refractivity contribution is -0.172. The monoisotopic (exact) mass is 1070 g/mol. The van der Waals surface area contributed by atoms with Crippen molar-refractivity contribution in [2.24, 2.45) is 11.7 Å². The maximum atomic E-state index is 15.4. The summed E-state index contributed by atoms with van der Waals surface area (Å²) in [4.78, 5) is 114. The molecule has 1 aliphatic carbocycles. The summed E-state index contributed by atoms with van der Waals surface area (Å²) in [5, 5.41) is 43.8. The van der Waals surface area contributed by atoms with E-state index in [-0.39, 0.29) is 86.4 Å². The maximum Gasteiger partial charge on any atom is 0.473 e. The minimum atomic E-state index is -4.92. The first-order valence-electron chi connectivity index (χ1n) is 23.7. The van der Waals surface area contributed by atoms with Crippen molar-refractivity contribution in [3.8, 4) is 11.4 Å². The van der Waals surface area contributed by atoms with Crippen molar-refractivity contribution in [3.63, 3.8) is 0 Å². The molecule has 0 radical (unpaired) electrons. The molecule has 3 aliphatic rings. The summed E-state index contributed by atoms with van der Waals surface area (Å²) in [5.74, 6) is -4.06. The number of halogens is 1. The average molecular weight is 1070 g/mol. The number of hydrogen-bond donors (Lipinski definition) is 11. The van der Waals surface area contributed by atoms with Gasteiger partial charge in [0.15, 0.2) is 5.60 Å². The van der Waals surface area contributed by atoms with Gasteiger partial charge in [0.05, 0.1) is 41.7 Å². The van der Waals surface area contributed by atoms with Gasteiger partial charge in [-0.2, -0.15) is 0 Å². The Hall–Kier alpha value is -7.35. The number of nitrogens with two attached hydrogens (primary N) is 1. The molecule has 25 nitrogen and oxygen atoms in total. The van der Waals surface area contributed by atoms with Crippen LogP contribution in [-0.4, -0.2) is 104 Å². The highest BCUT2D eigenvalue weighted by atomic mass is 31.2. The molecule has 75 heavy (non-hydrogen) atoms. The third-order valence-electron chi connectivity index (χ3n) is 13.1. The molecule has 0 bridgehead atoms. The molecule has 0 saturated heterocycles. The van der Waals surface area contributed by atoms with Crippen LogP contribution >= 0.6 is 7.82 Å². The van der Waals surface area contributed by atoms with Gasteiger partial charge in [-0.1, -0.05) is 26.8 Å². The van der Waals surface area contributed by atoms with Crippen LogP contribution in [0.2, 0.25) is 0 Å². The van der Waals surface area contributed by atoms with Crippen LogP contribution in [0.4, 0.5) is 19.7 Å². The van der Waals surface area contributed by atoms with E-state index in [0.717, 1.165) is 0 Å². The molecule has 2 aromatic heterocycles. The number of cyclic esters (lactones) is 1. The number of ether oxygens (including phenoxy) is 1. The maximum absolute atomic E-state index is 15.4. The van der Waals surface area contributed by atoms with Crippen molar-refractivity contribution in [1.82, 2.24) is 36.1 Å². The summed E-state index contributed by atoms with van der Waals surface area (Å²) >= 11 is 0. The number of primary amides is 1. The standard InChI is InChI=1S/C47H57FN9O14P.CH2O2/c1-6-47(66)30-15-35-40-28(18-57(35)43(61)29(30)20-69-44(47)62)38-32(12-11-27-23(4)31(48)16-34(54-40)37(27)38)53-36(58)21-71-72(67,68)70-19-24-9-10-26(14-25(24)17-50-5)52-41(59)33(8-7-13-51-45(49)63)55-42(60)39(22(2)3)56-46(64)65;2-1-3/h9-10,14-16,22,32-33,39,50,56,66H,6-8,11-13,17-21H2,1-5H3,(H,52,59)(H,53,58)(H,55,60)(H,64,65)(H,67,68)(H3,49,51,63);1H,(H,2,3)/t32-,33?,39?,47-;/m0./s1. The van der Waals surface area contributed by atoms with E-state index in [1.165, 1.54) is 28.8 Å². The summed E-state index contributed by atoms with van der Waals surface area (Å²) in [6.45, 7) is 4.77. The van der Waals surface area contributed by atoms with Crippen molar-refractivity contribution >= 4 is 66.7 Å². The van der Waals surface area contributed by atoms with Gasteiger partial charge in [-0.15, -0.1) is 0 Å². The number of nitrogens with one attached hydrogen (secondary N) is 6. The van der Waals surface area contributed by atoms with Gasteiger partial charge in [-0.05, 0) is 98.0 Å². The van der Waals surface area contributed by atoms with Gasteiger partial charge in [0, 0.05) is 41.4 Å². The van der Waals surface area contributed by atoms with E-state index in [1.54, 1.807) is 40.8 Å². The van der Waals surface area contributed by atoms with Gasteiger partial charge < -0.3 is 67.2 Å². The van der Waals surface area contributed by atoms with Crippen LogP contribution in [0.25, 0.3) is 22.3 Å². The van der Waals surface area contributed by atoms with E-state index in [1.807, 2.05) is 0 Å². The van der Waals surface area contributed by atoms with Crippen molar-refractivity contribution in [3.05, 3.63) is 91.0 Å². The van der Waals surface area contributed by atoms with E-state index >= 15 is 4.39 Å². The Morgan fingerprint density at radius 3 is 2.44 bits per heavy atom. The fourth-order valence-electron chi connectivity index (χ4n) is 9.41. The Balaban J connectivity index is 0.00000297. The third-order valence-corrected chi connectivity index (χ3v) is 14.0. The number of aryl methyl sites for hydroxylation is 1. The van der Waals surface area contributed by atoms with E-state index in [2.05, 4.69) is 31.9 Å². The van der Waals surface area contributed by atoms with Gasteiger partial charge in [-0.25, -0.2) is 28.3 Å². The lowest BCUT2D eigenvalue weighted by Crippen LogP contribution is -2.54. The predicted octanol–water partition coefficient (Wildman–Crippen LogP) is 2.55. The van der Waals surface area contributed by atoms with Crippen molar-refractivity contribution < 1.29 is 76.5 Å². The molecule has 12 N–H and O–H groups in total. The number of carbonyl (C=O) groups is 7. The number of aromatic nitrogens is 2. The molecule has 4 aromatic rings. The summed E-state index contributed by atoms with van der Waals surface area (Å²) in [7, 11) is -3.28. The second-order valence-corrected chi connectivity index (χ2v) is 19.7. The molecule has 404 valence electrons. The number of phosphoric ester groups is 1. The second-order valence-electron chi connectivity index (χ2n) is 18.3. The zero-order chi connectivity index (χ0) is 55.1. The van der Waals surface area contributed by atoms with E-state index in [4.69, 9.17) is 34.4 Å². The van der Waals surface area contributed by atoms with Crippen molar-refractivity contribution in [2.45, 2.75) is 110 Å². The topological polar surface area (TPSA) is 378 Å². The number of aliphatic hydroxyl groups is 1. The molecule has 4 heterocycles. The van der Waals surface area contributed by atoms with Crippen LogP contribution in [0.15, 0.2) is 35.1 Å². The minimum Gasteiger partial charge on any atom is -0.483 e. The molecule has 0 fully saturated rings. The first kappa shape index (κ1) is 56.9. The SMILES string of the molecule is CC[C@@]1(O)C(=O)OCc2c1cc1n(c2=O)Cc2c-1nc1cc(F)c(C)c3c1c2[C@@H](NC(=O)COP(=O)(O)OCc1ccc(NC(=O)C(CCCNC(N)=O)NC(=O)C(NC(=O)O)C(C)C)cc1CNC)CC3.O=CO. The number of pyridine rings is 2. The number of benzene rings is 2. The number of phosphoric acid groups is 1. The number of amides is 6. The Morgan fingerprint density at radius 2 is 1.79 bits per heavy atom. The van der Waals surface area contributed by atoms with Crippen LogP contribution < -0.4 is 43.2 Å². The molecule has 27 heteroatoms. The summed E-state index contributed by atoms with van der Waals surface area (Å²) in [6.07, 6.45) is -0.639. The predicted molar refractivity (Wildman–Crippen MR) is 264 cm³/mol. The van der Waals surface area contributed by atoms with E-state index in [0.29, 0.717) is 50.9 Å². The fourth-order valence-corrected chi connectivity index (χ4v) is 10.1. The van der Waals surface area contributed by atoms with Gasteiger partial charge in [0.25, 0.3) is 12.0 Å². The zero-order valence-electron chi connectivity index (χ0n) is 41.5. The highest BCUT2D eigenvalue weighted by Gasteiger charge is 2.46. The molecule has 0 spiro atoms. The Labute approximate surface area is 427 Å². The Bertz CT molecular complexity index is 3040. The fraction of sp³-hybridized carbons (Fsp3) is 0.438. The van der Waals surface area contributed by atoms with Crippen LogP contribution in [0.3, 0.4) is 0 Å². The molecule has 7 rings (SSSR count). The first-order chi connectivity index (χ1) is 35.5. The third kappa shape index (κ3) is 12.6. The number of carboxylic acid groups (broad SMARTS) is 2. The smallest absolute Gasteiger partial charge is 0.473 e. The molecule has 3 unspecified atom stereocenters. The number of nitrogens with zero attached hydrogens (tertiary/aromatic N) is 2. The quantitative estimate of drug-likeness (QED) is 0.0231. The molecular weight excluding hydrogens is 1010 g/mol.